The molecule has 3 rings (SSSR count). The molecular formula is C19H23N3O3. The second-order valence-corrected chi connectivity index (χ2v) is 6.20. The van der Waals surface area contributed by atoms with Crippen molar-refractivity contribution >= 4 is 11.7 Å². The van der Waals surface area contributed by atoms with Crippen molar-refractivity contribution in [3.05, 3.63) is 59.2 Å². The topological polar surface area (TPSA) is 79.0 Å². The summed E-state index contributed by atoms with van der Waals surface area (Å²) in [6.45, 7) is 2.01. The Morgan fingerprint density at radius 3 is 2.88 bits per heavy atom. The van der Waals surface area contributed by atoms with Crippen LogP contribution in [0.1, 0.15) is 16.7 Å². The van der Waals surface area contributed by atoms with Crippen LogP contribution in [0.3, 0.4) is 0 Å². The SMILES string of the molecule is COc1cccc(CCN2CCc3cc(CN(O)C(N)=O)ccc32)c1. The zero-order valence-electron chi connectivity index (χ0n) is 14.3. The van der Waals surface area contributed by atoms with E-state index in [1.165, 1.54) is 16.8 Å². The maximum atomic E-state index is 10.9. The number of carbonyl (C=O) groups excluding carboxylic acids is 1. The fourth-order valence-corrected chi connectivity index (χ4v) is 3.20. The molecule has 6 nitrogen and oxygen atoms in total. The monoisotopic (exact) mass is 341 g/mol. The molecule has 0 aromatic heterocycles. The molecule has 0 bridgehead atoms. The van der Waals surface area contributed by atoms with Gasteiger partial charge in [-0.15, -0.1) is 0 Å². The lowest BCUT2D eigenvalue weighted by Gasteiger charge is -2.20. The van der Waals surface area contributed by atoms with Gasteiger partial charge in [0.2, 0.25) is 0 Å². The van der Waals surface area contributed by atoms with Gasteiger partial charge in [-0.2, -0.15) is 0 Å². The Bertz CT molecular complexity index is 763. The molecule has 1 aliphatic rings. The standard InChI is InChI=1S/C19H23N3O3/c1-25-17-4-2-3-14(12-17)7-9-21-10-8-16-11-15(5-6-18(16)21)13-22(24)19(20)23/h2-6,11-12,24H,7-10,13H2,1H3,(H2,20,23). The summed E-state index contributed by atoms with van der Waals surface area (Å²) in [6, 6.07) is 13.3. The van der Waals surface area contributed by atoms with Gasteiger partial charge in [0.1, 0.15) is 5.75 Å². The summed E-state index contributed by atoms with van der Waals surface area (Å²) in [5.74, 6) is 0.881. The van der Waals surface area contributed by atoms with Crippen LogP contribution < -0.4 is 15.4 Å². The predicted octanol–water partition coefficient (Wildman–Crippen LogP) is 2.57. The first-order chi connectivity index (χ1) is 12.1. The molecule has 2 aromatic rings. The Hall–Kier alpha value is -2.73. The van der Waals surface area contributed by atoms with E-state index in [0.29, 0.717) is 5.06 Å². The predicted molar refractivity (Wildman–Crippen MR) is 96.0 cm³/mol. The lowest BCUT2D eigenvalue weighted by atomic mass is 10.1. The number of hydroxylamine groups is 2. The van der Waals surface area contributed by atoms with Gasteiger partial charge in [-0.1, -0.05) is 24.3 Å². The highest BCUT2D eigenvalue weighted by molar-refractivity contribution is 5.70. The highest BCUT2D eigenvalue weighted by Gasteiger charge is 2.19. The van der Waals surface area contributed by atoms with E-state index in [1.54, 1.807) is 7.11 Å². The molecule has 25 heavy (non-hydrogen) atoms. The number of primary amides is 1. The van der Waals surface area contributed by atoms with E-state index in [1.807, 2.05) is 24.3 Å². The van der Waals surface area contributed by atoms with Gasteiger partial charge < -0.3 is 15.4 Å². The second kappa shape index (κ2) is 7.44. The maximum Gasteiger partial charge on any atom is 0.338 e. The molecule has 1 heterocycles. The van der Waals surface area contributed by atoms with Gasteiger partial charge in [-0.05, 0) is 47.7 Å². The van der Waals surface area contributed by atoms with Crippen LogP contribution >= 0.6 is 0 Å². The van der Waals surface area contributed by atoms with Crippen molar-refractivity contribution in [2.24, 2.45) is 5.73 Å². The third kappa shape index (κ3) is 4.03. The van der Waals surface area contributed by atoms with E-state index in [9.17, 15) is 10.0 Å². The molecule has 0 saturated heterocycles. The smallest absolute Gasteiger partial charge is 0.338 e. The Morgan fingerprint density at radius 1 is 1.28 bits per heavy atom. The van der Waals surface area contributed by atoms with Crippen LogP contribution in [-0.2, 0) is 19.4 Å². The summed E-state index contributed by atoms with van der Waals surface area (Å²) >= 11 is 0. The van der Waals surface area contributed by atoms with Gasteiger partial charge >= 0.3 is 6.03 Å². The summed E-state index contributed by atoms with van der Waals surface area (Å²) in [4.78, 5) is 13.3. The number of methoxy groups -OCH3 is 1. The first-order valence-corrected chi connectivity index (χ1v) is 8.32. The molecule has 0 spiro atoms. The molecule has 0 radical (unpaired) electrons. The maximum absolute atomic E-state index is 10.9. The van der Waals surface area contributed by atoms with Crippen molar-refractivity contribution < 1.29 is 14.7 Å². The van der Waals surface area contributed by atoms with Crippen molar-refractivity contribution in [3.63, 3.8) is 0 Å². The molecule has 0 aliphatic carbocycles. The minimum absolute atomic E-state index is 0.104. The number of ether oxygens (including phenoxy) is 1. The fourth-order valence-electron chi connectivity index (χ4n) is 3.20. The summed E-state index contributed by atoms with van der Waals surface area (Å²) in [6.07, 6.45) is 1.91. The molecule has 2 amide bonds. The van der Waals surface area contributed by atoms with Crippen molar-refractivity contribution in [1.82, 2.24) is 5.06 Å². The van der Waals surface area contributed by atoms with E-state index >= 15 is 0 Å². The lowest BCUT2D eigenvalue weighted by Crippen LogP contribution is -2.32. The number of amides is 2. The van der Waals surface area contributed by atoms with Gasteiger partial charge in [0, 0.05) is 18.8 Å². The van der Waals surface area contributed by atoms with Crippen LogP contribution in [-0.4, -0.2) is 36.5 Å². The molecule has 2 aromatic carbocycles. The number of nitrogens with two attached hydrogens (primary N) is 1. The molecule has 0 fully saturated rings. The third-order valence-corrected chi connectivity index (χ3v) is 4.53. The molecule has 0 atom stereocenters. The van der Waals surface area contributed by atoms with Crippen molar-refractivity contribution in [2.75, 3.05) is 25.1 Å². The number of carbonyl (C=O) groups is 1. The van der Waals surface area contributed by atoms with Gasteiger partial charge in [-0.25, -0.2) is 9.86 Å². The lowest BCUT2D eigenvalue weighted by molar-refractivity contribution is -0.0470. The van der Waals surface area contributed by atoms with Crippen LogP contribution in [0.2, 0.25) is 0 Å². The molecule has 132 valence electrons. The highest BCUT2D eigenvalue weighted by Crippen LogP contribution is 2.29. The van der Waals surface area contributed by atoms with E-state index in [2.05, 4.69) is 23.1 Å². The number of rotatable bonds is 6. The minimum Gasteiger partial charge on any atom is -0.497 e. The first kappa shape index (κ1) is 17.1. The van der Waals surface area contributed by atoms with Crippen LogP contribution in [0.15, 0.2) is 42.5 Å². The number of benzene rings is 2. The average molecular weight is 341 g/mol. The number of anilines is 1. The number of fused-ring (bicyclic) bond motifs is 1. The van der Waals surface area contributed by atoms with Crippen LogP contribution in [0.25, 0.3) is 0 Å². The zero-order chi connectivity index (χ0) is 17.8. The fraction of sp³-hybridized carbons (Fsp3) is 0.316. The Morgan fingerprint density at radius 2 is 2.12 bits per heavy atom. The third-order valence-electron chi connectivity index (χ3n) is 4.53. The number of urea groups is 1. The van der Waals surface area contributed by atoms with Gasteiger partial charge in [0.05, 0.1) is 13.7 Å². The van der Waals surface area contributed by atoms with Crippen molar-refractivity contribution in [3.8, 4) is 5.75 Å². The van der Waals surface area contributed by atoms with Crippen molar-refractivity contribution in [1.29, 1.82) is 0 Å². The summed E-state index contributed by atoms with van der Waals surface area (Å²) < 4.78 is 5.27. The molecule has 6 heteroatoms. The minimum atomic E-state index is -0.847. The van der Waals surface area contributed by atoms with E-state index in [-0.39, 0.29) is 6.54 Å². The molecule has 3 N–H and O–H groups in total. The van der Waals surface area contributed by atoms with Gasteiger partial charge in [0.15, 0.2) is 0 Å². The van der Waals surface area contributed by atoms with Crippen LogP contribution in [0, 0.1) is 0 Å². The van der Waals surface area contributed by atoms with Gasteiger partial charge in [0.25, 0.3) is 0 Å². The number of hydrogen-bond acceptors (Lipinski definition) is 4. The molecule has 1 aliphatic heterocycles. The number of hydrogen-bond donors (Lipinski definition) is 2. The van der Waals surface area contributed by atoms with Crippen LogP contribution in [0.4, 0.5) is 10.5 Å². The van der Waals surface area contributed by atoms with Crippen LogP contribution in [0.5, 0.6) is 5.75 Å². The molecule has 0 unspecified atom stereocenters. The van der Waals surface area contributed by atoms with Crippen molar-refractivity contribution in [2.45, 2.75) is 19.4 Å². The Balaban J connectivity index is 1.64. The van der Waals surface area contributed by atoms with E-state index in [4.69, 9.17) is 10.5 Å². The normalized spacial score (nSPS) is 12.8. The summed E-state index contributed by atoms with van der Waals surface area (Å²) in [5, 5.41) is 10.00. The molecule has 0 saturated carbocycles. The van der Waals surface area contributed by atoms with E-state index < -0.39 is 6.03 Å². The summed E-state index contributed by atoms with van der Waals surface area (Å²) in [7, 11) is 1.68. The van der Waals surface area contributed by atoms with Gasteiger partial charge in [-0.3, -0.25) is 5.21 Å². The zero-order valence-corrected chi connectivity index (χ0v) is 14.3. The highest BCUT2D eigenvalue weighted by atomic mass is 16.5. The van der Waals surface area contributed by atoms with E-state index in [0.717, 1.165) is 37.2 Å². The largest absolute Gasteiger partial charge is 0.497 e. The number of nitrogens with zero attached hydrogens (tertiary/aromatic N) is 2. The summed E-state index contributed by atoms with van der Waals surface area (Å²) in [5.41, 5.74) is 9.63. The average Bonchev–Trinajstić information content (AvgIpc) is 3.02. The molecular weight excluding hydrogens is 318 g/mol. The second-order valence-electron chi connectivity index (χ2n) is 6.20. The Labute approximate surface area is 147 Å². The quantitative estimate of drug-likeness (QED) is 0.625. The first-order valence-electron chi connectivity index (χ1n) is 8.32. The Kier molecular flexibility index (Phi) is 5.09.